The molecule has 1 amide bonds. The number of thiazole rings is 1. The van der Waals surface area contributed by atoms with Gasteiger partial charge in [-0.3, -0.25) is 4.79 Å². The first-order chi connectivity index (χ1) is 16.6. The van der Waals surface area contributed by atoms with Crippen molar-refractivity contribution in [2.75, 3.05) is 11.9 Å². The van der Waals surface area contributed by atoms with E-state index in [0.29, 0.717) is 21.9 Å². The molecule has 0 atom stereocenters. The van der Waals surface area contributed by atoms with Gasteiger partial charge in [0.2, 0.25) is 0 Å². The third kappa shape index (κ3) is 4.53. The van der Waals surface area contributed by atoms with Crippen LogP contribution in [0.1, 0.15) is 65.1 Å². The van der Waals surface area contributed by atoms with Gasteiger partial charge in [0.1, 0.15) is 10.0 Å². The van der Waals surface area contributed by atoms with Gasteiger partial charge in [-0.15, -0.1) is 34.0 Å². The number of thiophene rings is 2. The Balaban J connectivity index is 1.48. The van der Waals surface area contributed by atoms with Gasteiger partial charge in [0.25, 0.3) is 5.91 Å². The zero-order valence-corrected chi connectivity index (χ0v) is 22.7. The first-order valence-electron chi connectivity index (χ1n) is 11.5. The number of hydrogen-bond donors (Lipinski definition) is 2. The predicted octanol–water partition coefficient (Wildman–Crippen LogP) is 6.67. The highest BCUT2D eigenvalue weighted by molar-refractivity contribution is 7.26. The fourth-order valence-electron chi connectivity index (χ4n) is 4.75. The SMILES string of the molecule is CCOC(=O)c1c(NC(=O)c2ccc(-c3nc4ccccc4s3)s2)sc2c1CC(C)(C)NC2(C)C. The number of esters is 1. The van der Waals surface area contributed by atoms with Crippen molar-refractivity contribution in [1.82, 2.24) is 10.3 Å². The maximum Gasteiger partial charge on any atom is 0.341 e. The van der Waals surface area contributed by atoms with Crippen LogP contribution in [0, 0.1) is 0 Å². The zero-order valence-electron chi connectivity index (χ0n) is 20.3. The molecule has 3 aromatic heterocycles. The molecule has 9 heteroatoms. The zero-order chi connectivity index (χ0) is 25.0. The van der Waals surface area contributed by atoms with Gasteiger partial charge in [-0.05, 0) is 70.9 Å². The number of aromatic nitrogens is 1. The van der Waals surface area contributed by atoms with Crippen molar-refractivity contribution < 1.29 is 14.3 Å². The molecular weight excluding hydrogens is 499 g/mol. The van der Waals surface area contributed by atoms with Crippen molar-refractivity contribution in [3.8, 4) is 9.88 Å². The normalized spacial score (nSPS) is 16.1. The Kier molecular flexibility index (Phi) is 6.07. The molecule has 0 spiro atoms. The molecule has 0 aliphatic carbocycles. The topological polar surface area (TPSA) is 80.3 Å². The summed E-state index contributed by atoms with van der Waals surface area (Å²) in [7, 11) is 0. The number of nitrogens with one attached hydrogen (secondary N) is 2. The van der Waals surface area contributed by atoms with Crippen molar-refractivity contribution in [1.29, 1.82) is 0 Å². The van der Waals surface area contributed by atoms with Crippen LogP contribution >= 0.6 is 34.0 Å². The first kappa shape index (κ1) is 24.1. The monoisotopic (exact) mass is 525 g/mol. The Morgan fingerprint density at radius 1 is 1.09 bits per heavy atom. The van der Waals surface area contributed by atoms with Crippen LogP contribution in [0.3, 0.4) is 0 Å². The molecule has 0 bridgehead atoms. The maximum atomic E-state index is 13.3. The number of benzene rings is 1. The Morgan fingerprint density at radius 3 is 2.60 bits per heavy atom. The summed E-state index contributed by atoms with van der Waals surface area (Å²) in [6, 6.07) is 11.7. The van der Waals surface area contributed by atoms with E-state index in [-0.39, 0.29) is 23.6 Å². The maximum absolute atomic E-state index is 13.3. The summed E-state index contributed by atoms with van der Waals surface area (Å²) < 4.78 is 6.51. The smallest absolute Gasteiger partial charge is 0.341 e. The number of hydrogen-bond acceptors (Lipinski definition) is 8. The average molecular weight is 526 g/mol. The fraction of sp³-hybridized carbons (Fsp3) is 0.346. The van der Waals surface area contributed by atoms with Crippen LogP contribution in [0.25, 0.3) is 20.1 Å². The molecule has 0 fully saturated rings. The summed E-state index contributed by atoms with van der Waals surface area (Å²) in [6.07, 6.45) is 0.674. The molecule has 35 heavy (non-hydrogen) atoms. The van der Waals surface area contributed by atoms with Gasteiger partial charge >= 0.3 is 5.97 Å². The number of nitrogens with zero attached hydrogens (tertiary/aromatic N) is 1. The van der Waals surface area contributed by atoms with Crippen molar-refractivity contribution in [2.24, 2.45) is 0 Å². The van der Waals surface area contributed by atoms with E-state index in [9.17, 15) is 9.59 Å². The lowest BCUT2D eigenvalue weighted by Gasteiger charge is -2.42. The Bertz CT molecular complexity index is 1410. The molecule has 4 aromatic rings. The third-order valence-electron chi connectivity index (χ3n) is 5.89. The fourth-order valence-corrected chi connectivity index (χ4v) is 7.93. The minimum Gasteiger partial charge on any atom is -0.462 e. The Morgan fingerprint density at radius 2 is 1.86 bits per heavy atom. The van der Waals surface area contributed by atoms with Crippen LogP contribution in [0.4, 0.5) is 5.00 Å². The first-order valence-corrected chi connectivity index (χ1v) is 13.9. The summed E-state index contributed by atoms with van der Waals surface area (Å²) in [5, 5.41) is 8.12. The minimum atomic E-state index is -0.393. The molecule has 1 aromatic carbocycles. The molecule has 1 aliphatic rings. The summed E-state index contributed by atoms with van der Waals surface area (Å²) in [5.74, 6) is -0.633. The summed E-state index contributed by atoms with van der Waals surface area (Å²) in [4.78, 5) is 33.6. The lowest BCUT2D eigenvalue weighted by Crippen LogP contribution is -2.55. The van der Waals surface area contributed by atoms with Crippen LogP contribution in [0.15, 0.2) is 36.4 Å². The highest BCUT2D eigenvalue weighted by atomic mass is 32.1. The quantitative estimate of drug-likeness (QED) is 0.284. The highest BCUT2D eigenvalue weighted by Crippen LogP contribution is 2.45. The van der Waals surface area contributed by atoms with Crippen molar-refractivity contribution in [2.45, 2.75) is 52.1 Å². The van der Waals surface area contributed by atoms with Gasteiger partial charge < -0.3 is 15.4 Å². The van der Waals surface area contributed by atoms with Crippen LogP contribution in [0.2, 0.25) is 0 Å². The average Bonchev–Trinajstić information content (AvgIpc) is 3.49. The van der Waals surface area contributed by atoms with E-state index in [4.69, 9.17) is 9.72 Å². The lowest BCUT2D eigenvalue weighted by atomic mass is 9.81. The van der Waals surface area contributed by atoms with Crippen LogP contribution < -0.4 is 10.6 Å². The van der Waals surface area contributed by atoms with Gasteiger partial charge in [-0.1, -0.05) is 12.1 Å². The lowest BCUT2D eigenvalue weighted by molar-refractivity contribution is 0.0525. The van der Waals surface area contributed by atoms with Gasteiger partial charge in [0.15, 0.2) is 0 Å². The molecule has 5 rings (SSSR count). The molecule has 182 valence electrons. The minimum absolute atomic E-state index is 0.194. The van der Waals surface area contributed by atoms with Crippen molar-refractivity contribution >= 4 is 61.1 Å². The summed E-state index contributed by atoms with van der Waals surface area (Å²) in [6.45, 7) is 10.5. The molecule has 4 heterocycles. The molecule has 6 nitrogen and oxygen atoms in total. The summed E-state index contributed by atoms with van der Waals surface area (Å²) >= 11 is 4.46. The number of para-hydroxylation sites is 1. The van der Waals surface area contributed by atoms with E-state index in [2.05, 4.69) is 38.3 Å². The van der Waals surface area contributed by atoms with E-state index in [1.165, 1.54) is 22.7 Å². The van der Waals surface area contributed by atoms with E-state index in [0.717, 1.165) is 30.5 Å². The molecule has 0 saturated heterocycles. The number of amides is 1. The predicted molar refractivity (Wildman–Crippen MR) is 145 cm³/mol. The van der Waals surface area contributed by atoms with Gasteiger partial charge in [0.05, 0.1) is 32.1 Å². The van der Waals surface area contributed by atoms with Gasteiger partial charge in [-0.2, -0.15) is 0 Å². The second-order valence-electron chi connectivity index (χ2n) is 9.75. The number of fused-ring (bicyclic) bond motifs is 2. The third-order valence-corrected chi connectivity index (χ3v) is 9.65. The molecule has 0 unspecified atom stereocenters. The second kappa shape index (κ2) is 8.81. The van der Waals surface area contributed by atoms with E-state index in [1.807, 2.05) is 36.4 Å². The van der Waals surface area contributed by atoms with Crippen LogP contribution in [0.5, 0.6) is 0 Å². The highest BCUT2D eigenvalue weighted by Gasteiger charge is 2.42. The van der Waals surface area contributed by atoms with E-state index < -0.39 is 5.97 Å². The van der Waals surface area contributed by atoms with Gasteiger partial charge in [0, 0.05) is 16.0 Å². The van der Waals surface area contributed by atoms with E-state index in [1.54, 1.807) is 18.3 Å². The number of ether oxygens (including phenoxy) is 1. The van der Waals surface area contributed by atoms with Crippen molar-refractivity contribution in [3.63, 3.8) is 0 Å². The number of rotatable bonds is 5. The Labute approximate surface area is 216 Å². The molecule has 0 radical (unpaired) electrons. The van der Waals surface area contributed by atoms with Crippen molar-refractivity contribution in [3.05, 3.63) is 57.3 Å². The molecule has 2 N–H and O–H groups in total. The summed E-state index contributed by atoms with van der Waals surface area (Å²) in [5.41, 5.74) is 1.86. The number of anilines is 1. The molecule has 0 saturated carbocycles. The number of carbonyl (C=O) groups excluding carboxylic acids is 2. The largest absolute Gasteiger partial charge is 0.462 e. The second-order valence-corrected chi connectivity index (χ2v) is 12.9. The van der Waals surface area contributed by atoms with Crippen LogP contribution in [-0.2, 0) is 16.7 Å². The molecular formula is C26H27N3O3S3. The van der Waals surface area contributed by atoms with E-state index >= 15 is 0 Å². The van der Waals surface area contributed by atoms with Crippen LogP contribution in [-0.4, -0.2) is 29.0 Å². The van der Waals surface area contributed by atoms with Gasteiger partial charge in [-0.25, -0.2) is 9.78 Å². The number of carbonyl (C=O) groups is 2. The molecule has 1 aliphatic heterocycles. The Hall–Kier alpha value is -2.59. The standard InChI is InChI=1S/C26H27N3O3S3/c1-6-32-24(31)19-14-13-25(2,3)29-26(4,5)20(14)35-23(19)28-21(30)17-11-12-18(33-17)22-27-15-9-7-8-10-16(15)34-22/h7-12,29H,6,13H2,1-5H3,(H,28,30).